The van der Waals surface area contributed by atoms with Crippen LogP contribution in [0.25, 0.3) is 55.0 Å². The highest BCUT2D eigenvalue weighted by Crippen LogP contribution is 2.47. The van der Waals surface area contributed by atoms with Crippen molar-refractivity contribution < 1.29 is 4.42 Å². The van der Waals surface area contributed by atoms with Gasteiger partial charge in [-0.2, -0.15) is 0 Å². The molecule has 51 heavy (non-hydrogen) atoms. The van der Waals surface area contributed by atoms with E-state index in [1.807, 2.05) is 6.07 Å². The Morgan fingerprint density at radius 2 is 1.02 bits per heavy atom. The van der Waals surface area contributed by atoms with Gasteiger partial charge in [0, 0.05) is 38.3 Å². The Hall–Kier alpha value is -6.38. The van der Waals surface area contributed by atoms with Crippen LogP contribution in [0.3, 0.4) is 0 Å². The molecule has 244 valence electrons. The van der Waals surface area contributed by atoms with Gasteiger partial charge in [-0.25, -0.2) is 0 Å². The monoisotopic (exact) mass is 655 g/mol. The van der Waals surface area contributed by atoms with Crippen LogP contribution in [0.4, 0.5) is 17.1 Å². The van der Waals surface area contributed by atoms with Crippen LogP contribution in [0.5, 0.6) is 0 Å². The lowest BCUT2D eigenvalue weighted by molar-refractivity contribution is 0.641. The van der Waals surface area contributed by atoms with Gasteiger partial charge in [0.05, 0.1) is 5.69 Å². The van der Waals surface area contributed by atoms with Crippen LogP contribution in [0.2, 0.25) is 0 Å². The second-order valence-corrected chi connectivity index (χ2v) is 13.8. The maximum atomic E-state index is 6.73. The van der Waals surface area contributed by atoms with Gasteiger partial charge in [-0.3, -0.25) is 0 Å². The summed E-state index contributed by atoms with van der Waals surface area (Å²) < 4.78 is 6.73. The summed E-state index contributed by atoms with van der Waals surface area (Å²) in [5, 5.41) is 4.49. The van der Waals surface area contributed by atoms with Crippen molar-refractivity contribution in [2.75, 3.05) is 4.90 Å². The zero-order valence-corrected chi connectivity index (χ0v) is 28.8. The highest BCUT2D eigenvalue weighted by Gasteiger charge is 2.26. The van der Waals surface area contributed by atoms with Gasteiger partial charge in [-0.15, -0.1) is 0 Å². The minimum Gasteiger partial charge on any atom is -0.455 e. The molecular formula is C49H37NO. The molecule has 0 N–H and O–H groups in total. The number of fused-ring (bicyclic) bond motifs is 5. The SMILES string of the molecule is CC(C)(c1ccccc1)c1cccc(N(c2ccc(-c3ccccc3)cc2)c2cccc3c2cc(-c2ccccc2)c2c4ccccc4oc32)c1. The number of benzene rings is 8. The predicted octanol–water partition coefficient (Wildman–Crippen LogP) is 13.9. The Morgan fingerprint density at radius 1 is 0.431 bits per heavy atom. The Balaban J connectivity index is 1.31. The molecule has 0 amide bonds. The summed E-state index contributed by atoms with van der Waals surface area (Å²) in [6.45, 7) is 4.62. The van der Waals surface area contributed by atoms with Crippen molar-refractivity contribution in [2.24, 2.45) is 0 Å². The Morgan fingerprint density at radius 3 is 1.76 bits per heavy atom. The fraction of sp³-hybridized carbons (Fsp3) is 0.0612. The molecule has 0 spiro atoms. The van der Waals surface area contributed by atoms with E-state index in [2.05, 4.69) is 201 Å². The number of rotatable bonds is 7. The molecule has 0 aliphatic rings. The van der Waals surface area contributed by atoms with Gasteiger partial charge in [0.1, 0.15) is 11.2 Å². The summed E-state index contributed by atoms with van der Waals surface area (Å²) in [7, 11) is 0. The molecule has 2 nitrogen and oxygen atoms in total. The Kier molecular flexibility index (Phi) is 7.51. The predicted molar refractivity (Wildman–Crippen MR) is 215 cm³/mol. The van der Waals surface area contributed by atoms with Crippen molar-refractivity contribution in [3.8, 4) is 22.3 Å². The van der Waals surface area contributed by atoms with Crippen molar-refractivity contribution in [1.82, 2.24) is 0 Å². The molecule has 0 unspecified atom stereocenters. The number of furan rings is 1. The first-order valence-electron chi connectivity index (χ1n) is 17.6. The molecule has 0 aliphatic heterocycles. The van der Waals surface area contributed by atoms with Crippen LogP contribution in [0, 0.1) is 0 Å². The van der Waals surface area contributed by atoms with Crippen LogP contribution in [-0.4, -0.2) is 0 Å². The Labute approximate surface area is 298 Å². The topological polar surface area (TPSA) is 16.4 Å². The lowest BCUT2D eigenvalue weighted by Gasteiger charge is -2.31. The standard InChI is InChI=1S/C49H37NO/c1-49(2,37-20-10-5-11-21-37)38-22-14-23-40(32-38)50(39-30-28-35(29-31-39)34-16-6-3-7-17-34)45-26-15-25-41-44(45)33-43(36-18-8-4-9-19-36)47-42-24-12-13-27-46(42)51-48(41)47/h3-33H,1-2H3. The van der Waals surface area contributed by atoms with E-state index in [0.29, 0.717) is 0 Å². The molecule has 2 heteroatoms. The van der Waals surface area contributed by atoms with Crippen LogP contribution in [0.1, 0.15) is 25.0 Å². The number of para-hydroxylation sites is 1. The Bertz CT molecular complexity index is 2640. The summed E-state index contributed by atoms with van der Waals surface area (Å²) in [6, 6.07) is 67.4. The minimum absolute atomic E-state index is 0.195. The lowest BCUT2D eigenvalue weighted by Crippen LogP contribution is -2.19. The molecule has 0 atom stereocenters. The van der Waals surface area contributed by atoms with Gasteiger partial charge in [-0.05, 0) is 75.8 Å². The zero-order chi connectivity index (χ0) is 34.4. The molecule has 0 radical (unpaired) electrons. The molecular weight excluding hydrogens is 619 g/mol. The van der Waals surface area contributed by atoms with Gasteiger partial charge in [0.2, 0.25) is 0 Å². The normalized spacial score (nSPS) is 11.7. The van der Waals surface area contributed by atoms with Gasteiger partial charge in [0.25, 0.3) is 0 Å². The third-order valence-electron chi connectivity index (χ3n) is 10.4. The molecule has 0 aliphatic carbocycles. The van der Waals surface area contributed by atoms with Crippen molar-refractivity contribution in [3.63, 3.8) is 0 Å². The molecule has 1 heterocycles. The molecule has 1 aromatic heterocycles. The van der Waals surface area contributed by atoms with Crippen LogP contribution in [0.15, 0.2) is 192 Å². The van der Waals surface area contributed by atoms with E-state index in [1.54, 1.807) is 0 Å². The number of nitrogens with zero attached hydrogens (tertiary/aromatic N) is 1. The van der Waals surface area contributed by atoms with E-state index in [-0.39, 0.29) is 5.41 Å². The first-order chi connectivity index (χ1) is 25.1. The van der Waals surface area contributed by atoms with Crippen molar-refractivity contribution >= 4 is 49.8 Å². The van der Waals surface area contributed by atoms with Crippen molar-refractivity contribution in [3.05, 3.63) is 199 Å². The summed E-state index contributed by atoms with van der Waals surface area (Å²) in [6.07, 6.45) is 0. The van der Waals surface area contributed by atoms with E-state index < -0.39 is 0 Å². The maximum Gasteiger partial charge on any atom is 0.143 e. The fourth-order valence-electron chi connectivity index (χ4n) is 7.58. The van der Waals surface area contributed by atoms with E-state index in [0.717, 1.165) is 60.9 Å². The van der Waals surface area contributed by atoms with Crippen LogP contribution < -0.4 is 4.90 Å². The molecule has 0 saturated carbocycles. The molecule has 9 rings (SSSR count). The van der Waals surface area contributed by atoms with Gasteiger partial charge in [-0.1, -0.05) is 159 Å². The van der Waals surface area contributed by atoms with Gasteiger partial charge in [0.15, 0.2) is 0 Å². The summed E-state index contributed by atoms with van der Waals surface area (Å²) in [5.41, 5.74) is 12.1. The van der Waals surface area contributed by atoms with Crippen molar-refractivity contribution in [2.45, 2.75) is 19.3 Å². The van der Waals surface area contributed by atoms with E-state index in [4.69, 9.17) is 4.42 Å². The zero-order valence-electron chi connectivity index (χ0n) is 28.8. The number of anilines is 3. The average Bonchev–Trinajstić information content (AvgIpc) is 3.59. The van der Waals surface area contributed by atoms with Gasteiger partial charge >= 0.3 is 0 Å². The fourth-order valence-corrected chi connectivity index (χ4v) is 7.58. The van der Waals surface area contributed by atoms with E-state index >= 15 is 0 Å². The first kappa shape index (κ1) is 30.7. The van der Waals surface area contributed by atoms with Crippen molar-refractivity contribution in [1.29, 1.82) is 0 Å². The third kappa shape index (κ3) is 5.37. The molecule has 0 saturated heterocycles. The highest BCUT2D eigenvalue weighted by atomic mass is 16.3. The largest absolute Gasteiger partial charge is 0.455 e. The molecule has 0 fully saturated rings. The minimum atomic E-state index is -0.195. The van der Waals surface area contributed by atoms with E-state index in [9.17, 15) is 0 Å². The lowest BCUT2D eigenvalue weighted by atomic mass is 9.78. The quantitative estimate of drug-likeness (QED) is 0.170. The van der Waals surface area contributed by atoms with E-state index in [1.165, 1.54) is 22.3 Å². The second kappa shape index (κ2) is 12.5. The van der Waals surface area contributed by atoms with Gasteiger partial charge < -0.3 is 9.32 Å². The maximum absolute atomic E-state index is 6.73. The number of hydrogen-bond acceptors (Lipinski definition) is 2. The van der Waals surface area contributed by atoms with Crippen LogP contribution in [-0.2, 0) is 5.41 Å². The average molecular weight is 656 g/mol. The smallest absolute Gasteiger partial charge is 0.143 e. The van der Waals surface area contributed by atoms with Crippen LogP contribution >= 0.6 is 0 Å². The first-order valence-corrected chi connectivity index (χ1v) is 17.6. The number of hydrogen-bond donors (Lipinski definition) is 0. The summed E-state index contributed by atoms with van der Waals surface area (Å²) in [4.78, 5) is 2.41. The molecule has 8 aromatic carbocycles. The molecule has 0 bridgehead atoms. The summed E-state index contributed by atoms with van der Waals surface area (Å²) >= 11 is 0. The third-order valence-corrected chi connectivity index (χ3v) is 10.4. The highest BCUT2D eigenvalue weighted by molar-refractivity contribution is 6.23. The second-order valence-electron chi connectivity index (χ2n) is 13.8. The molecule has 9 aromatic rings. The summed E-state index contributed by atoms with van der Waals surface area (Å²) in [5.74, 6) is 0.